The number of hydrogen-bond donors (Lipinski definition) is 2. The molecule has 0 bridgehead atoms. The molecule has 1 saturated carbocycles. The molecule has 0 radical (unpaired) electrons. The van der Waals surface area contributed by atoms with E-state index < -0.39 is 0 Å². The van der Waals surface area contributed by atoms with Crippen LogP contribution in [0.3, 0.4) is 0 Å². The highest BCUT2D eigenvalue weighted by molar-refractivity contribution is 7.10. The molecule has 0 saturated heterocycles. The smallest absolute Gasteiger partial charge is 0.275 e. The molecule has 1 atom stereocenters. The monoisotopic (exact) mass is 212 g/mol. The predicted molar refractivity (Wildman–Crippen MR) is 54.0 cm³/mol. The molecule has 0 aromatic carbocycles. The van der Waals surface area contributed by atoms with Crippen molar-refractivity contribution in [1.29, 1.82) is 0 Å². The first kappa shape index (κ1) is 9.39. The molecule has 76 valence electrons. The molecular formula is C8H12N4OS. The number of nitrogens with one attached hydrogen (secondary N) is 1. The second kappa shape index (κ2) is 3.53. The van der Waals surface area contributed by atoms with Crippen LogP contribution < -0.4 is 11.1 Å². The first-order valence-electron chi connectivity index (χ1n) is 4.57. The van der Waals surface area contributed by atoms with Gasteiger partial charge in [-0.25, -0.2) is 0 Å². The van der Waals surface area contributed by atoms with Crippen LogP contribution in [0.2, 0.25) is 0 Å². The Hall–Kier alpha value is -1.17. The molecule has 1 aromatic heterocycles. The third-order valence-electron chi connectivity index (χ3n) is 2.42. The van der Waals surface area contributed by atoms with Crippen molar-refractivity contribution in [1.82, 2.24) is 14.9 Å². The second-order valence-electron chi connectivity index (χ2n) is 3.59. The molecule has 3 N–H and O–H groups in total. The highest BCUT2D eigenvalue weighted by atomic mass is 32.1. The van der Waals surface area contributed by atoms with Crippen LogP contribution in [0.25, 0.3) is 0 Å². The Morgan fingerprint density at radius 1 is 1.71 bits per heavy atom. The minimum Gasteiger partial charge on any atom is -0.387 e. The molecule has 0 aliphatic heterocycles. The summed E-state index contributed by atoms with van der Waals surface area (Å²) < 4.78 is 3.62. The van der Waals surface area contributed by atoms with Gasteiger partial charge in [-0.3, -0.25) is 4.79 Å². The fourth-order valence-corrected chi connectivity index (χ4v) is 1.77. The van der Waals surface area contributed by atoms with Gasteiger partial charge in [-0.15, -0.1) is 5.10 Å². The lowest BCUT2D eigenvalue weighted by molar-refractivity contribution is 0.0931. The van der Waals surface area contributed by atoms with E-state index in [4.69, 9.17) is 5.73 Å². The number of nitrogens with zero attached hydrogens (tertiary/aromatic N) is 2. The lowest BCUT2D eigenvalue weighted by Gasteiger charge is -2.10. The average Bonchev–Trinajstić information content (AvgIpc) is 2.89. The van der Waals surface area contributed by atoms with E-state index in [1.165, 1.54) is 12.8 Å². The first-order chi connectivity index (χ1) is 6.68. The van der Waals surface area contributed by atoms with Crippen LogP contribution >= 0.6 is 11.5 Å². The third-order valence-corrected chi connectivity index (χ3v) is 2.97. The number of rotatable bonds is 3. The zero-order valence-corrected chi connectivity index (χ0v) is 8.67. The first-order valence-corrected chi connectivity index (χ1v) is 5.34. The molecule has 5 nitrogen and oxygen atoms in total. The van der Waals surface area contributed by atoms with E-state index in [1.807, 2.05) is 6.92 Å². The normalized spacial score (nSPS) is 17.8. The maximum atomic E-state index is 11.6. The van der Waals surface area contributed by atoms with Gasteiger partial charge in [0.2, 0.25) is 0 Å². The van der Waals surface area contributed by atoms with Gasteiger partial charge in [0.1, 0.15) is 5.00 Å². The van der Waals surface area contributed by atoms with Crippen molar-refractivity contribution >= 4 is 22.4 Å². The van der Waals surface area contributed by atoms with Crippen molar-refractivity contribution in [2.45, 2.75) is 25.8 Å². The van der Waals surface area contributed by atoms with Crippen LogP contribution in [-0.2, 0) is 0 Å². The van der Waals surface area contributed by atoms with E-state index in [0.717, 1.165) is 11.5 Å². The molecule has 0 spiro atoms. The number of hydrogen-bond acceptors (Lipinski definition) is 5. The summed E-state index contributed by atoms with van der Waals surface area (Å²) in [4.78, 5) is 11.6. The van der Waals surface area contributed by atoms with Gasteiger partial charge in [0, 0.05) is 17.6 Å². The minimum absolute atomic E-state index is 0.212. The van der Waals surface area contributed by atoms with Gasteiger partial charge in [-0.2, -0.15) is 0 Å². The zero-order chi connectivity index (χ0) is 10.1. The van der Waals surface area contributed by atoms with Gasteiger partial charge < -0.3 is 11.1 Å². The summed E-state index contributed by atoms with van der Waals surface area (Å²) >= 11 is 1.04. The SMILES string of the molecule is CC(NC(=O)c1nnsc1N)C1CC1. The van der Waals surface area contributed by atoms with Crippen molar-refractivity contribution < 1.29 is 4.79 Å². The van der Waals surface area contributed by atoms with Gasteiger partial charge in [0.05, 0.1) is 0 Å². The fourth-order valence-electron chi connectivity index (χ4n) is 1.34. The van der Waals surface area contributed by atoms with Gasteiger partial charge in [0.15, 0.2) is 5.69 Å². The number of nitrogen functional groups attached to an aromatic ring is 1. The highest BCUT2D eigenvalue weighted by Crippen LogP contribution is 2.32. The average molecular weight is 212 g/mol. The molecule has 14 heavy (non-hydrogen) atoms. The number of nitrogens with two attached hydrogens (primary N) is 1. The van der Waals surface area contributed by atoms with Gasteiger partial charge in [0.25, 0.3) is 5.91 Å². The van der Waals surface area contributed by atoms with Crippen molar-refractivity contribution in [2.24, 2.45) is 5.92 Å². The Labute approximate surface area is 85.9 Å². The molecular weight excluding hydrogens is 200 g/mol. The van der Waals surface area contributed by atoms with E-state index in [0.29, 0.717) is 10.9 Å². The van der Waals surface area contributed by atoms with Crippen molar-refractivity contribution in [3.8, 4) is 0 Å². The van der Waals surface area contributed by atoms with E-state index in [-0.39, 0.29) is 17.6 Å². The standard InChI is InChI=1S/C8H12N4OS/c1-4(5-2-3-5)10-8(13)6-7(9)14-12-11-6/h4-5H,2-3,9H2,1H3,(H,10,13). The summed E-state index contributed by atoms with van der Waals surface area (Å²) in [6.07, 6.45) is 2.40. The summed E-state index contributed by atoms with van der Waals surface area (Å²) in [6, 6.07) is 0.212. The second-order valence-corrected chi connectivity index (χ2v) is 4.37. The molecule has 1 aromatic rings. The quantitative estimate of drug-likeness (QED) is 0.770. The minimum atomic E-state index is -0.212. The Bertz CT molecular complexity index is 347. The highest BCUT2D eigenvalue weighted by Gasteiger charge is 2.29. The van der Waals surface area contributed by atoms with E-state index in [2.05, 4.69) is 14.9 Å². The Morgan fingerprint density at radius 3 is 2.93 bits per heavy atom. The van der Waals surface area contributed by atoms with Crippen LogP contribution in [0, 0.1) is 5.92 Å². The predicted octanol–water partition coefficient (Wildman–Crippen LogP) is 0.649. The summed E-state index contributed by atoms with van der Waals surface area (Å²) in [5.74, 6) is 0.419. The van der Waals surface area contributed by atoms with Gasteiger partial charge >= 0.3 is 0 Å². The van der Waals surface area contributed by atoms with Crippen LogP contribution in [0.5, 0.6) is 0 Å². The molecule has 1 amide bonds. The van der Waals surface area contributed by atoms with Gasteiger partial charge in [-0.1, -0.05) is 4.49 Å². The number of aromatic nitrogens is 2. The summed E-state index contributed by atoms with van der Waals surface area (Å²) in [6.45, 7) is 2.01. The lowest BCUT2D eigenvalue weighted by Crippen LogP contribution is -2.34. The number of anilines is 1. The van der Waals surface area contributed by atoms with Crippen molar-refractivity contribution in [3.63, 3.8) is 0 Å². The van der Waals surface area contributed by atoms with Crippen LogP contribution in [-0.4, -0.2) is 21.5 Å². The van der Waals surface area contributed by atoms with Crippen LogP contribution in [0.4, 0.5) is 5.00 Å². The van der Waals surface area contributed by atoms with E-state index in [9.17, 15) is 4.79 Å². The number of carbonyl (C=O) groups is 1. The molecule has 6 heteroatoms. The van der Waals surface area contributed by atoms with Crippen LogP contribution in [0.1, 0.15) is 30.3 Å². The Morgan fingerprint density at radius 2 is 2.43 bits per heavy atom. The lowest BCUT2D eigenvalue weighted by atomic mass is 10.2. The summed E-state index contributed by atoms with van der Waals surface area (Å²) in [5, 5.41) is 6.93. The summed E-state index contributed by atoms with van der Waals surface area (Å²) in [5.41, 5.74) is 5.79. The molecule has 1 fully saturated rings. The van der Waals surface area contributed by atoms with Crippen molar-refractivity contribution in [3.05, 3.63) is 5.69 Å². The number of amides is 1. The zero-order valence-electron chi connectivity index (χ0n) is 7.86. The number of carbonyl (C=O) groups excluding carboxylic acids is 1. The fraction of sp³-hybridized carbons (Fsp3) is 0.625. The molecule has 1 heterocycles. The Balaban J connectivity index is 1.98. The van der Waals surface area contributed by atoms with E-state index >= 15 is 0 Å². The molecule has 1 aliphatic carbocycles. The van der Waals surface area contributed by atoms with Crippen molar-refractivity contribution in [2.75, 3.05) is 5.73 Å². The topological polar surface area (TPSA) is 80.9 Å². The van der Waals surface area contributed by atoms with E-state index in [1.54, 1.807) is 0 Å². The summed E-state index contributed by atoms with van der Waals surface area (Å²) in [7, 11) is 0. The van der Waals surface area contributed by atoms with Gasteiger partial charge in [-0.05, 0) is 25.7 Å². The largest absolute Gasteiger partial charge is 0.387 e. The maximum absolute atomic E-state index is 11.6. The van der Waals surface area contributed by atoms with Crippen LogP contribution in [0.15, 0.2) is 0 Å². The Kier molecular flexibility index (Phi) is 2.37. The third kappa shape index (κ3) is 1.84. The molecule has 1 unspecified atom stereocenters. The molecule has 1 aliphatic rings. The molecule has 2 rings (SSSR count). The maximum Gasteiger partial charge on any atom is 0.275 e.